The molecule has 1 aromatic heterocycles. The molecule has 9 aromatic carbocycles. The van der Waals surface area contributed by atoms with Gasteiger partial charge in [0, 0.05) is 12.1 Å². The largest absolute Gasteiger partial charge is 0.283 e. The second-order valence-corrected chi connectivity index (χ2v) is 15.9. The number of aromatic nitrogens is 1. The Balaban J connectivity index is 0.972. The minimum absolute atomic E-state index is 0.821. The third-order valence-corrected chi connectivity index (χ3v) is 12.4. The van der Waals surface area contributed by atoms with E-state index in [4.69, 9.17) is 4.98 Å². The van der Waals surface area contributed by atoms with Crippen LogP contribution in [-0.4, -0.2) is 17.2 Å². The van der Waals surface area contributed by atoms with Gasteiger partial charge in [-0.2, -0.15) is 0 Å². The lowest BCUT2D eigenvalue weighted by Crippen LogP contribution is -2.05. The van der Waals surface area contributed by atoms with Gasteiger partial charge < -0.3 is 0 Å². The first kappa shape index (κ1) is 34.4. The van der Waals surface area contributed by atoms with Crippen LogP contribution in [-0.2, 0) is 0 Å². The summed E-state index contributed by atoms with van der Waals surface area (Å²) >= 11 is 0. The molecule has 1 aliphatic heterocycles. The first-order valence-corrected chi connectivity index (χ1v) is 20.9. The zero-order valence-electron chi connectivity index (χ0n) is 32.9. The molecular formula is C58H38N2. The Hall–Kier alpha value is -7.68. The molecule has 1 aliphatic carbocycles. The summed E-state index contributed by atoms with van der Waals surface area (Å²) in [4.78, 5) is 9.68. The molecule has 2 nitrogen and oxygen atoms in total. The van der Waals surface area contributed by atoms with Crippen molar-refractivity contribution in [2.45, 2.75) is 6.42 Å². The van der Waals surface area contributed by atoms with Gasteiger partial charge in [0.25, 0.3) is 0 Å². The molecule has 0 saturated carbocycles. The lowest BCUT2D eigenvalue weighted by atomic mass is 9.82. The van der Waals surface area contributed by atoms with Crippen molar-refractivity contribution in [1.82, 2.24) is 4.98 Å². The SMILES string of the molecule is C1=CC(c2cccc(-c3ccc4cc(-c5cccc(-c6ccc7c8c(cccc68)-c6c-7c(-c7ccccc7)c7ccccc7c6-c6ccccc6)c5)ccc4c3)n2)=NCC1. The van der Waals surface area contributed by atoms with E-state index in [0.29, 0.717) is 0 Å². The van der Waals surface area contributed by atoms with Gasteiger partial charge in [-0.25, -0.2) is 4.98 Å². The fourth-order valence-corrected chi connectivity index (χ4v) is 9.72. The maximum absolute atomic E-state index is 4.99. The van der Waals surface area contributed by atoms with Gasteiger partial charge in [0.05, 0.1) is 17.1 Å². The number of allylic oxidation sites excluding steroid dienone is 1. The van der Waals surface area contributed by atoms with Gasteiger partial charge in [0.1, 0.15) is 0 Å². The number of rotatable bonds is 6. The van der Waals surface area contributed by atoms with Gasteiger partial charge in [0.15, 0.2) is 0 Å². The summed E-state index contributed by atoms with van der Waals surface area (Å²) in [6, 6.07) is 71.2. The highest BCUT2D eigenvalue weighted by Gasteiger charge is 2.31. The predicted molar refractivity (Wildman–Crippen MR) is 254 cm³/mol. The second kappa shape index (κ2) is 14.0. The van der Waals surface area contributed by atoms with Crippen molar-refractivity contribution >= 4 is 38.0 Å². The highest BCUT2D eigenvalue weighted by molar-refractivity contribution is 6.28. The Kier molecular flexibility index (Phi) is 8.02. The van der Waals surface area contributed by atoms with Crippen LogP contribution in [0.1, 0.15) is 12.1 Å². The standard InChI is InChI=1S/C58H38N2/c1-3-14-37(15-4-1)54-47-20-7-8-21-48(47)55(38-16-5-2-6-17-38)58-50-32-31-45(46-22-12-23-49(56(46)50)57(54)58)43-19-11-18-39(35-43)40-27-28-42-36-44(30-29-41(42)34-40)51-25-13-26-53(60-51)52-24-9-10-33-59-52/h1-9,11-32,34-36H,10,33H2. The molecule has 0 unspecified atom stereocenters. The average Bonchev–Trinajstić information content (AvgIpc) is 3.66. The molecule has 0 fully saturated rings. The summed E-state index contributed by atoms with van der Waals surface area (Å²) in [7, 11) is 0. The lowest BCUT2D eigenvalue weighted by Gasteiger charge is -2.20. The van der Waals surface area contributed by atoms with Crippen molar-refractivity contribution in [1.29, 1.82) is 0 Å². The Morgan fingerprint density at radius 1 is 0.350 bits per heavy atom. The molecular weight excluding hydrogens is 725 g/mol. The monoisotopic (exact) mass is 762 g/mol. The van der Waals surface area contributed by atoms with E-state index in [1.54, 1.807) is 0 Å². The van der Waals surface area contributed by atoms with Crippen LogP contribution in [0.2, 0.25) is 0 Å². The molecule has 0 amide bonds. The van der Waals surface area contributed by atoms with E-state index in [-0.39, 0.29) is 0 Å². The molecule has 10 aromatic rings. The van der Waals surface area contributed by atoms with Crippen molar-refractivity contribution in [3.05, 3.63) is 212 Å². The minimum atomic E-state index is 0.821. The summed E-state index contributed by atoms with van der Waals surface area (Å²) < 4.78 is 0. The van der Waals surface area contributed by atoms with Crippen LogP contribution in [0.5, 0.6) is 0 Å². The van der Waals surface area contributed by atoms with E-state index in [9.17, 15) is 0 Å². The molecule has 2 heterocycles. The summed E-state index contributed by atoms with van der Waals surface area (Å²) in [5, 5.41) is 7.55. The van der Waals surface area contributed by atoms with E-state index in [1.165, 1.54) is 99.1 Å². The maximum atomic E-state index is 4.99. The molecule has 0 atom stereocenters. The van der Waals surface area contributed by atoms with E-state index in [2.05, 4.69) is 205 Å². The Labute approximate surface area is 349 Å². The normalized spacial score (nSPS) is 12.9. The zero-order chi connectivity index (χ0) is 39.6. The molecule has 2 heteroatoms. The van der Waals surface area contributed by atoms with Crippen molar-refractivity contribution in [3.63, 3.8) is 0 Å². The van der Waals surface area contributed by atoms with Gasteiger partial charge in [-0.15, -0.1) is 0 Å². The average molecular weight is 763 g/mol. The van der Waals surface area contributed by atoms with Crippen LogP contribution in [0, 0.1) is 0 Å². The van der Waals surface area contributed by atoms with Crippen LogP contribution in [0.3, 0.4) is 0 Å². The fraction of sp³-hybridized carbons (Fsp3) is 0.0345. The highest BCUT2D eigenvalue weighted by Crippen LogP contribution is 2.58. The number of dihydropyridines is 1. The van der Waals surface area contributed by atoms with Crippen molar-refractivity contribution in [2.24, 2.45) is 4.99 Å². The third-order valence-electron chi connectivity index (χ3n) is 12.4. The number of hydrogen-bond acceptors (Lipinski definition) is 2. The van der Waals surface area contributed by atoms with Gasteiger partial charge >= 0.3 is 0 Å². The van der Waals surface area contributed by atoms with Crippen LogP contribution in [0.25, 0.3) is 110 Å². The Morgan fingerprint density at radius 3 is 1.62 bits per heavy atom. The molecule has 0 N–H and O–H groups in total. The van der Waals surface area contributed by atoms with Gasteiger partial charge in [-0.1, -0.05) is 170 Å². The minimum Gasteiger partial charge on any atom is -0.283 e. The Bertz CT molecular complexity index is 3320. The summed E-state index contributed by atoms with van der Waals surface area (Å²) in [5.41, 5.74) is 19.1. The topological polar surface area (TPSA) is 25.2 Å². The maximum Gasteiger partial charge on any atom is 0.0889 e. The Morgan fingerprint density at radius 2 is 0.900 bits per heavy atom. The van der Waals surface area contributed by atoms with E-state index >= 15 is 0 Å². The fourth-order valence-electron chi connectivity index (χ4n) is 9.72. The number of benzene rings is 9. The van der Waals surface area contributed by atoms with E-state index in [1.807, 2.05) is 6.07 Å². The molecule has 280 valence electrons. The summed E-state index contributed by atoms with van der Waals surface area (Å²) in [5.74, 6) is 0. The zero-order valence-corrected chi connectivity index (χ0v) is 32.9. The molecule has 60 heavy (non-hydrogen) atoms. The predicted octanol–water partition coefficient (Wildman–Crippen LogP) is 15.3. The van der Waals surface area contributed by atoms with Gasteiger partial charge in [-0.3, -0.25) is 4.99 Å². The first-order chi connectivity index (χ1) is 29.8. The number of hydrogen-bond donors (Lipinski definition) is 0. The number of fused-ring (bicyclic) bond motifs is 5. The molecule has 0 saturated heterocycles. The van der Waals surface area contributed by atoms with Crippen LogP contribution in [0.4, 0.5) is 0 Å². The van der Waals surface area contributed by atoms with Gasteiger partial charge in [-0.05, 0) is 142 Å². The molecule has 0 spiro atoms. The third kappa shape index (κ3) is 5.56. The van der Waals surface area contributed by atoms with E-state index < -0.39 is 0 Å². The summed E-state index contributed by atoms with van der Waals surface area (Å²) in [6.45, 7) is 0.821. The number of pyridine rings is 1. The van der Waals surface area contributed by atoms with E-state index in [0.717, 1.165) is 35.6 Å². The molecule has 0 bridgehead atoms. The van der Waals surface area contributed by atoms with Crippen molar-refractivity contribution < 1.29 is 0 Å². The van der Waals surface area contributed by atoms with Crippen molar-refractivity contribution in [2.75, 3.05) is 6.54 Å². The number of nitrogens with zero attached hydrogens (tertiary/aromatic N) is 2. The van der Waals surface area contributed by atoms with Crippen LogP contribution >= 0.6 is 0 Å². The molecule has 2 aliphatic rings. The lowest BCUT2D eigenvalue weighted by molar-refractivity contribution is 0.991. The van der Waals surface area contributed by atoms with Gasteiger partial charge in [0.2, 0.25) is 0 Å². The number of aliphatic imine (C=N–C) groups is 1. The smallest absolute Gasteiger partial charge is 0.0889 e. The quantitative estimate of drug-likeness (QED) is 0.166. The highest BCUT2D eigenvalue weighted by atomic mass is 14.8. The second-order valence-electron chi connectivity index (χ2n) is 15.9. The molecule has 0 radical (unpaired) electrons. The van der Waals surface area contributed by atoms with Crippen LogP contribution < -0.4 is 0 Å². The summed E-state index contributed by atoms with van der Waals surface area (Å²) in [6.07, 6.45) is 5.25. The molecule has 12 rings (SSSR count). The first-order valence-electron chi connectivity index (χ1n) is 20.9. The van der Waals surface area contributed by atoms with Crippen molar-refractivity contribution in [3.8, 4) is 78.0 Å². The van der Waals surface area contributed by atoms with Crippen LogP contribution in [0.15, 0.2) is 211 Å².